The SMILES string of the molecule is COC1(OC)C=CC(=NC(C)=O)C=C1. The number of hydrogen-bond donors (Lipinski definition) is 0. The van der Waals surface area contributed by atoms with Gasteiger partial charge in [0.25, 0.3) is 0 Å². The molecule has 0 aliphatic heterocycles. The Bertz CT molecular complexity index is 293. The summed E-state index contributed by atoms with van der Waals surface area (Å²) in [6.45, 7) is 1.41. The zero-order chi connectivity index (χ0) is 10.6. The average molecular weight is 195 g/mol. The van der Waals surface area contributed by atoms with Crippen molar-refractivity contribution >= 4 is 11.6 Å². The Hall–Kier alpha value is -1.26. The van der Waals surface area contributed by atoms with Gasteiger partial charge in [-0.05, 0) is 24.3 Å². The lowest BCUT2D eigenvalue weighted by Gasteiger charge is -2.25. The maximum Gasteiger partial charge on any atom is 0.243 e. The molecule has 76 valence electrons. The van der Waals surface area contributed by atoms with E-state index in [1.54, 1.807) is 38.5 Å². The van der Waals surface area contributed by atoms with Gasteiger partial charge < -0.3 is 9.47 Å². The Balaban J connectivity index is 2.83. The maximum absolute atomic E-state index is 10.7. The zero-order valence-corrected chi connectivity index (χ0v) is 8.48. The van der Waals surface area contributed by atoms with E-state index in [4.69, 9.17) is 9.47 Å². The third-order valence-corrected chi connectivity index (χ3v) is 1.90. The summed E-state index contributed by atoms with van der Waals surface area (Å²) in [6.07, 6.45) is 6.78. The van der Waals surface area contributed by atoms with Crippen molar-refractivity contribution in [1.29, 1.82) is 0 Å². The van der Waals surface area contributed by atoms with Gasteiger partial charge in [-0.1, -0.05) is 0 Å². The van der Waals surface area contributed by atoms with Gasteiger partial charge in [0.1, 0.15) is 0 Å². The molecule has 0 saturated heterocycles. The fourth-order valence-corrected chi connectivity index (χ4v) is 1.13. The van der Waals surface area contributed by atoms with Crippen LogP contribution in [0, 0.1) is 0 Å². The predicted molar refractivity (Wildman–Crippen MR) is 53.1 cm³/mol. The smallest absolute Gasteiger partial charge is 0.243 e. The summed E-state index contributed by atoms with van der Waals surface area (Å²) in [6, 6.07) is 0. The largest absolute Gasteiger partial charge is 0.346 e. The van der Waals surface area contributed by atoms with Crippen LogP contribution in [0.15, 0.2) is 29.3 Å². The molecule has 0 saturated carbocycles. The van der Waals surface area contributed by atoms with Gasteiger partial charge in [0, 0.05) is 21.1 Å². The second-order valence-electron chi connectivity index (χ2n) is 2.85. The number of rotatable bonds is 2. The van der Waals surface area contributed by atoms with Crippen LogP contribution >= 0.6 is 0 Å². The Morgan fingerprint density at radius 2 is 1.79 bits per heavy atom. The van der Waals surface area contributed by atoms with Crippen molar-refractivity contribution in [3.8, 4) is 0 Å². The van der Waals surface area contributed by atoms with E-state index in [1.807, 2.05) is 0 Å². The minimum Gasteiger partial charge on any atom is -0.346 e. The molecule has 0 fully saturated rings. The van der Waals surface area contributed by atoms with Gasteiger partial charge in [0.15, 0.2) is 0 Å². The lowest BCUT2D eigenvalue weighted by molar-refractivity contribution is -0.133. The quantitative estimate of drug-likeness (QED) is 0.620. The van der Waals surface area contributed by atoms with Crippen molar-refractivity contribution in [3.63, 3.8) is 0 Å². The molecule has 0 N–H and O–H groups in total. The molecule has 1 aliphatic carbocycles. The molecule has 0 atom stereocenters. The number of ether oxygens (including phenoxy) is 2. The Morgan fingerprint density at radius 1 is 1.29 bits per heavy atom. The van der Waals surface area contributed by atoms with Crippen molar-refractivity contribution in [1.82, 2.24) is 0 Å². The molecule has 0 spiro atoms. The van der Waals surface area contributed by atoms with E-state index in [-0.39, 0.29) is 5.91 Å². The van der Waals surface area contributed by atoms with Crippen LogP contribution < -0.4 is 0 Å². The summed E-state index contributed by atoms with van der Waals surface area (Å²) >= 11 is 0. The second-order valence-corrected chi connectivity index (χ2v) is 2.85. The fraction of sp³-hybridized carbons (Fsp3) is 0.400. The number of aliphatic imine (C=N–C) groups is 1. The predicted octanol–water partition coefficient (Wildman–Crippen LogP) is 1.09. The van der Waals surface area contributed by atoms with Gasteiger partial charge in [0.2, 0.25) is 11.7 Å². The van der Waals surface area contributed by atoms with Crippen LogP contribution in [-0.4, -0.2) is 31.6 Å². The third kappa shape index (κ3) is 2.37. The zero-order valence-electron chi connectivity index (χ0n) is 8.48. The van der Waals surface area contributed by atoms with Crippen LogP contribution in [0.4, 0.5) is 0 Å². The molecular weight excluding hydrogens is 182 g/mol. The minimum absolute atomic E-state index is 0.225. The van der Waals surface area contributed by atoms with E-state index in [2.05, 4.69) is 4.99 Å². The molecule has 0 radical (unpaired) electrons. The molecule has 1 amide bonds. The van der Waals surface area contributed by atoms with Crippen molar-refractivity contribution < 1.29 is 14.3 Å². The van der Waals surface area contributed by atoms with E-state index in [0.717, 1.165) is 0 Å². The summed E-state index contributed by atoms with van der Waals surface area (Å²) in [5.74, 6) is -1.05. The molecule has 14 heavy (non-hydrogen) atoms. The topological polar surface area (TPSA) is 47.9 Å². The monoisotopic (exact) mass is 195 g/mol. The van der Waals surface area contributed by atoms with Gasteiger partial charge in [-0.2, -0.15) is 0 Å². The van der Waals surface area contributed by atoms with E-state index < -0.39 is 5.79 Å². The second kappa shape index (κ2) is 4.30. The maximum atomic E-state index is 10.7. The Kier molecular flexibility index (Phi) is 3.33. The average Bonchev–Trinajstić information content (AvgIpc) is 2.19. The number of nitrogens with zero attached hydrogens (tertiary/aromatic N) is 1. The molecule has 1 rings (SSSR count). The van der Waals surface area contributed by atoms with E-state index in [0.29, 0.717) is 5.71 Å². The van der Waals surface area contributed by atoms with Crippen LogP contribution in [-0.2, 0) is 14.3 Å². The van der Waals surface area contributed by atoms with Crippen molar-refractivity contribution in [2.24, 2.45) is 4.99 Å². The number of carbonyl (C=O) groups excluding carboxylic acids is 1. The Morgan fingerprint density at radius 3 is 2.14 bits per heavy atom. The standard InChI is InChI=1S/C10H13NO3/c1-8(12)11-9-4-6-10(13-2,14-3)7-5-9/h4-7H,1-3H3. The number of methoxy groups -OCH3 is 2. The van der Waals surface area contributed by atoms with Crippen molar-refractivity contribution in [3.05, 3.63) is 24.3 Å². The first-order valence-electron chi connectivity index (χ1n) is 4.20. The van der Waals surface area contributed by atoms with Gasteiger partial charge in [-0.15, -0.1) is 0 Å². The minimum atomic E-state index is -0.824. The first-order valence-corrected chi connectivity index (χ1v) is 4.20. The normalized spacial score (nSPS) is 18.4. The summed E-state index contributed by atoms with van der Waals surface area (Å²) < 4.78 is 10.3. The van der Waals surface area contributed by atoms with Crippen LogP contribution in [0.3, 0.4) is 0 Å². The number of hydrogen-bond acceptors (Lipinski definition) is 3. The molecule has 4 nitrogen and oxygen atoms in total. The molecule has 1 aliphatic rings. The molecule has 0 heterocycles. The molecule has 0 unspecified atom stereocenters. The first kappa shape index (κ1) is 10.8. The molecule has 0 aromatic carbocycles. The highest BCUT2D eigenvalue weighted by molar-refractivity contribution is 6.09. The highest BCUT2D eigenvalue weighted by Crippen LogP contribution is 2.18. The van der Waals surface area contributed by atoms with Crippen LogP contribution in [0.25, 0.3) is 0 Å². The highest BCUT2D eigenvalue weighted by atomic mass is 16.7. The lowest BCUT2D eigenvalue weighted by atomic mass is 10.1. The highest BCUT2D eigenvalue weighted by Gasteiger charge is 2.24. The van der Waals surface area contributed by atoms with E-state index >= 15 is 0 Å². The molecule has 0 aromatic heterocycles. The molecular formula is C10H13NO3. The van der Waals surface area contributed by atoms with Crippen molar-refractivity contribution in [2.45, 2.75) is 12.7 Å². The summed E-state index contributed by atoms with van der Waals surface area (Å²) in [5, 5.41) is 0. The molecule has 0 bridgehead atoms. The van der Waals surface area contributed by atoms with E-state index in [9.17, 15) is 4.79 Å². The summed E-state index contributed by atoms with van der Waals surface area (Å²) in [4.78, 5) is 14.5. The first-order chi connectivity index (χ1) is 6.62. The summed E-state index contributed by atoms with van der Waals surface area (Å²) in [5.41, 5.74) is 0.599. The number of allylic oxidation sites excluding steroid dienone is 2. The number of carbonyl (C=O) groups is 1. The van der Waals surface area contributed by atoms with Gasteiger partial charge in [-0.3, -0.25) is 4.79 Å². The third-order valence-electron chi connectivity index (χ3n) is 1.90. The van der Waals surface area contributed by atoms with E-state index in [1.165, 1.54) is 6.92 Å². The molecule has 0 aromatic rings. The fourth-order valence-electron chi connectivity index (χ4n) is 1.13. The van der Waals surface area contributed by atoms with Crippen LogP contribution in [0.1, 0.15) is 6.92 Å². The Labute approximate surface area is 82.9 Å². The lowest BCUT2D eigenvalue weighted by Crippen LogP contribution is -2.30. The number of amides is 1. The van der Waals surface area contributed by atoms with Crippen LogP contribution in [0.2, 0.25) is 0 Å². The van der Waals surface area contributed by atoms with Gasteiger partial charge in [0.05, 0.1) is 5.71 Å². The van der Waals surface area contributed by atoms with Crippen LogP contribution in [0.5, 0.6) is 0 Å². The van der Waals surface area contributed by atoms with Crippen molar-refractivity contribution in [2.75, 3.05) is 14.2 Å². The molecule has 4 heteroatoms. The van der Waals surface area contributed by atoms with Gasteiger partial charge in [-0.25, -0.2) is 4.99 Å². The summed E-state index contributed by atoms with van der Waals surface area (Å²) in [7, 11) is 3.09. The van der Waals surface area contributed by atoms with Gasteiger partial charge >= 0.3 is 0 Å².